The molecule has 0 aromatic heterocycles. The third-order valence-corrected chi connectivity index (χ3v) is 5.14. The molecule has 0 aliphatic carbocycles. The van der Waals surface area contributed by atoms with E-state index in [-0.39, 0.29) is 12.5 Å². The number of amides is 1. The average Bonchev–Trinajstić information content (AvgIpc) is 2.65. The number of aliphatic hydroxyl groups excluding tert-OH is 1. The summed E-state index contributed by atoms with van der Waals surface area (Å²) in [7, 11) is 0. The maximum absolute atomic E-state index is 12.1. The van der Waals surface area contributed by atoms with Crippen LogP contribution in [0.15, 0.2) is 24.3 Å². The van der Waals surface area contributed by atoms with Gasteiger partial charge < -0.3 is 24.6 Å². The number of ether oxygens (including phenoxy) is 2. The number of morpholine rings is 1. The van der Waals surface area contributed by atoms with E-state index in [1.54, 1.807) is 11.8 Å². The van der Waals surface area contributed by atoms with Crippen LogP contribution in [0.25, 0.3) is 0 Å². The number of hydrogen-bond donors (Lipinski definition) is 2. The first-order chi connectivity index (χ1) is 12.4. The minimum Gasteiger partial charge on any atom is -0.484 e. The summed E-state index contributed by atoms with van der Waals surface area (Å²) in [6, 6.07) is 7.65. The molecule has 144 valence electrons. The summed E-state index contributed by atoms with van der Waals surface area (Å²) in [6.07, 6.45) is -0.177. The van der Waals surface area contributed by atoms with Crippen LogP contribution in [-0.2, 0) is 16.1 Å². The van der Waals surface area contributed by atoms with Crippen LogP contribution in [-0.4, -0.2) is 83.6 Å². The van der Waals surface area contributed by atoms with Crippen LogP contribution < -0.4 is 4.74 Å². The van der Waals surface area contributed by atoms with E-state index < -0.39 is 11.7 Å². The Bertz CT molecular complexity index is 598. The Morgan fingerprint density at radius 3 is 2.62 bits per heavy atom. The Morgan fingerprint density at radius 2 is 1.96 bits per heavy atom. The molecule has 7 heteroatoms. The smallest absolute Gasteiger partial charge is 0.260 e. The Hall–Kier alpha value is -1.67. The number of aliphatic hydroxyl groups is 2. The van der Waals surface area contributed by atoms with E-state index in [0.29, 0.717) is 51.6 Å². The molecule has 0 saturated carbocycles. The second kappa shape index (κ2) is 8.35. The molecule has 2 heterocycles. The third-order valence-electron chi connectivity index (χ3n) is 5.14. The van der Waals surface area contributed by atoms with Crippen LogP contribution in [0.5, 0.6) is 5.75 Å². The zero-order valence-corrected chi connectivity index (χ0v) is 15.3. The minimum atomic E-state index is -0.999. The molecule has 1 amide bonds. The molecule has 2 N–H and O–H groups in total. The second-order valence-corrected chi connectivity index (χ2v) is 7.28. The molecule has 1 aromatic rings. The summed E-state index contributed by atoms with van der Waals surface area (Å²) < 4.78 is 10.8. The van der Waals surface area contributed by atoms with Crippen molar-refractivity contribution in [3.63, 3.8) is 0 Å². The van der Waals surface area contributed by atoms with Gasteiger partial charge in [-0.3, -0.25) is 9.69 Å². The van der Waals surface area contributed by atoms with Crippen molar-refractivity contribution < 1.29 is 24.5 Å². The van der Waals surface area contributed by atoms with Gasteiger partial charge in [0.2, 0.25) is 0 Å². The van der Waals surface area contributed by atoms with E-state index >= 15 is 0 Å². The van der Waals surface area contributed by atoms with E-state index in [2.05, 4.69) is 4.90 Å². The van der Waals surface area contributed by atoms with Gasteiger partial charge in [-0.1, -0.05) is 12.1 Å². The van der Waals surface area contributed by atoms with Crippen LogP contribution in [0.1, 0.15) is 18.9 Å². The van der Waals surface area contributed by atoms with Crippen molar-refractivity contribution in [2.75, 3.05) is 46.0 Å². The molecule has 3 rings (SSSR count). The molecular formula is C19H28N2O5. The SMILES string of the molecule is C[C@]1(O)CCN(Cc2ccc(OCC(=O)N3CCOCC3)cc2)C[C@@H]1O. The lowest BCUT2D eigenvalue weighted by atomic mass is 9.90. The van der Waals surface area contributed by atoms with E-state index in [1.807, 2.05) is 24.3 Å². The fourth-order valence-corrected chi connectivity index (χ4v) is 3.23. The maximum Gasteiger partial charge on any atom is 0.260 e. The van der Waals surface area contributed by atoms with Gasteiger partial charge in [0, 0.05) is 32.7 Å². The molecule has 2 atom stereocenters. The molecular weight excluding hydrogens is 336 g/mol. The zero-order chi connectivity index (χ0) is 18.6. The van der Waals surface area contributed by atoms with Crippen molar-refractivity contribution in [1.29, 1.82) is 0 Å². The highest BCUT2D eigenvalue weighted by atomic mass is 16.5. The number of β-amino-alcohol motifs (C(OH)–C–C–N with tert-alkyl or cyclic N) is 1. The Labute approximate surface area is 154 Å². The summed E-state index contributed by atoms with van der Waals surface area (Å²) in [6.45, 7) is 6.04. The molecule has 2 aliphatic heterocycles. The van der Waals surface area contributed by atoms with E-state index in [9.17, 15) is 15.0 Å². The van der Waals surface area contributed by atoms with Crippen LogP contribution in [0.4, 0.5) is 0 Å². The maximum atomic E-state index is 12.1. The van der Waals surface area contributed by atoms with E-state index in [0.717, 1.165) is 12.1 Å². The van der Waals surface area contributed by atoms with Crippen LogP contribution >= 0.6 is 0 Å². The Morgan fingerprint density at radius 1 is 1.27 bits per heavy atom. The minimum absolute atomic E-state index is 0.0215. The molecule has 26 heavy (non-hydrogen) atoms. The van der Waals surface area contributed by atoms with E-state index in [1.165, 1.54) is 0 Å². The van der Waals surface area contributed by atoms with Gasteiger partial charge in [-0.25, -0.2) is 0 Å². The Kier molecular flexibility index (Phi) is 6.13. The highest BCUT2D eigenvalue weighted by Gasteiger charge is 2.36. The van der Waals surface area contributed by atoms with Crippen LogP contribution in [0.2, 0.25) is 0 Å². The summed E-state index contributed by atoms with van der Waals surface area (Å²) >= 11 is 0. The molecule has 2 fully saturated rings. The molecule has 2 saturated heterocycles. The van der Waals surface area contributed by atoms with Gasteiger partial charge in [0.05, 0.1) is 24.9 Å². The first kappa shape index (κ1) is 19.1. The third kappa shape index (κ3) is 4.94. The second-order valence-electron chi connectivity index (χ2n) is 7.28. The van der Waals surface area contributed by atoms with Gasteiger partial charge in [0.1, 0.15) is 5.75 Å². The van der Waals surface area contributed by atoms with Gasteiger partial charge in [0.15, 0.2) is 6.61 Å². The summed E-state index contributed by atoms with van der Waals surface area (Å²) in [5, 5.41) is 20.0. The first-order valence-electron chi connectivity index (χ1n) is 9.14. The van der Waals surface area contributed by atoms with Gasteiger partial charge in [-0.15, -0.1) is 0 Å². The van der Waals surface area contributed by atoms with Gasteiger partial charge in [0.25, 0.3) is 5.91 Å². The summed E-state index contributed by atoms with van der Waals surface area (Å²) in [5.74, 6) is 0.642. The Balaban J connectivity index is 1.45. The lowest BCUT2D eigenvalue weighted by Crippen LogP contribution is -2.53. The number of piperidine rings is 1. The lowest BCUT2D eigenvalue weighted by Gasteiger charge is -2.39. The molecule has 0 unspecified atom stereocenters. The first-order valence-corrected chi connectivity index (χ1v) is 9.14. The van der Waals surface area contributed by atoms with Crippen molar-refractivity contribution >= 4 is 5.91 Å². The van der Waals surface area contributed by atoms with Crippen molar-refractivity contribution in [3.8, 4) is 5.75 Å². The fourth-order valence-electron chi connectivity index (χ4n) is 3.23. The van der Waals surface area contributed by atoms with Gasteiger partial charge in [-0.2, -0.15) is 0 Å². The summed E-state index contributed by atoms with van der Waals surface area (Å²) in [5.41, 5.74) is 0.104. The van der Waals surface area contributed by atoms with Gasteiger partial charge >= 0.3 is 0 Å². The quantitative estimate of drug-likeness (QED) is 0.779. The molecule has 0 spiro atoms. The topological polar surface area (TPSA) is 82.5 Å². The zero-order valence-electron chi connectivity index (χ0n) is 15.3. The lowest BCUT2D eigenvalue weighted by molar-refractivity contribution is -0.137. The van der Waals surface area contributed by atoms with Crippen LogP contribution in [0.3, 0.4) is 0 Å². The normalized spacial score (nSPS) is 27.3. The molecule has 0 radical (unpaired) electrons. The highest BCUT2D eigenvalue weighted by Crippen LogP contribution is 2.23. The monoisotopic (exact) mass is 364 g/mol. The number of nitrogens with zero attached hydrogens (tertiary/aromatic N) is 2. The highest BCUT2D eigenvalue weighted by molar-refractivity contribution is 5.77. The fraction of sp³-hybridized carbons (Fsp3) is 0.632. The average molecular weight is 364 g/mol. The van der Waals surface area contributed by atoms with E-state index in [4.69, 9.17) is 9.47 Å². The van der Waals surface area contributed by atoms with Gasteiger partial charge in [-0.05, 0) is 31.0 Å². The van der Waals surface area contributed by atoms with Crippen molar-refractivity contribution in [1.82, 2.24) is 9.80 Å². The number of hydrogen-bond acceptors (Lipinski definition) is 6. The van der Waals surface area contributed by atoms with Crippen molar-refractivity contribution in [3.05, 3.63) is 29.8 Å². The number of benzene rings is 1. The largest absolute Gasteiger partial charge is 0.484 e. The van der Waals surface area contributed by atoms with Crippen molar-refractivity contribution in [2.24, 2.45) is 0 Å². The molecule has 0 bridgehead atoms. The van der Waals surface area contributed by atoms with Crippen LogP contribution in [0, 0.1) is 0 Å². The number of carbonyl (C=O) groups is 1. The number of carbonyl (C=O) groups excluding carboxylic acids is 1. The predicted molar refractivity (Wildman–Crippen MR) is 95.9 cm³/mol. The molecule has 1 aromatic carbocycles. The number of rotatable bonds is 5. The predicted octanol–water partition coefficient (Wildman–Crippen LogP) is 0.242. The van der Waals surface area contributed by atoms with Crippen molar-refractivity contribution in [2.45, 2.75) is 31.6 Å². The molecule has 7 nitrogen and oxygen atoms in total. The molecule has 2 aliphatic rings. The number of likely N-dealkylation sites (tertiary alicyclic amines) is 1. The summed E-state index contributed by atoms with van der Waals surface area (Å²) in [4.78, 5) is 16.0. The standard InChI is InChI=1S/C19H28N2O5/c1-19(24)6-7-20(13-17(19)22)12-15-2-4-16(5-3-15)26-14-18(23)21-8-10-25-11-9-21/h2-5,17,22,24H,6-14H2,1H3/t17-,19-/m0/s1.